The van der Waals surface area contributed by atoms with Gasteiger partial charge in [0.05, 0.1) is 65.3 Å². The van der Waals surface area contributed by atoms with Crippen molar-refractivity contribution in [3.8, 4) is 23.8 Å². The standard InChI is InChI=1S/C42H55N2O7P/c1-9-25-47-29-41(30-48-26-10-2,32-51-52(44(33(3)4)34(5)6)50-27-24-38-28-43-38)31-49-42(35-14-12-11-13-15-35,36-16-20-39(45-7)21-17-36)37-18-22-40(46-8)23-19-37/h1,10-23,28,33-34,38H,2,24-27,29-32H2,3-8H3. The van der Waals surface area contributed by atoms with Crippen LogP contribution in [0.2, 0.25) is 0 Å². The monoisotopic (exact) mass is 730 g/mol. The van der Waals surface area contributed by atoms with E-state index >= 15 is 0 Å². The molecule has 3 aromatic carbocycles. The van der Waals surface area contributed by atoms with E-state index in [-0.39, 0.29) is 51.2 Å². The maximum atomic E-state index is 7.41. The van der Waals surface area contributed by atoms with E-state index in [0.29, 0.717) is 13.2 Å². The van der Waals surface area contributed by atoms with Crippen LogP contribution in [0.4, 0.5) is 0 Å². The lowest BCUT2D eigenvalue weighted by Crippen LogP contribution is -2.46. The van der Waals surface area contributed by atoms with E-state index in [1.807, 2.05) is 72.9 Å². The summed E-state index contributed by atoms with van der Waals surface area (Å²) in [6.45, 7) is 14.4. The molecule has 280 valence electrons. The molecule has 9 nitrogen and oxygen atoms in total. The van der Waals surface area contributed by atoms with Crippen LogP contribution in [0.15, 0.2) is 96.5 Å². The number of nitrogens with zero attached hydrogens (tertiary/aromatic N) is 2. The van der Waals surface area contributed by atoms with Crippen LogP contribution in [-0.4, -0.2) is 89.5 Å². The molecule has 0 fully saturated rings. The summed E-state index contributed by atoms with van der Waals surface area (Å²) in [7, 11) is 1.85. The lowest BCUT2D eigenvalue weighted by molar-refractivity contribution is -0.112. The van der Waals surface area contributed by atoms with E-state index in [4.69, 9.17) is 39.2 Å². The number of hydrogen-bond acceptors (Lipinski definition) is 9. The second-order valence-corrected chi connectivity index (χ2v) is 14.8. The summed E-state index contributed by atoms with van der Waals surface area (Å²) in [5.74, 6) is 4.09. The first-order valence-corrected chi connectivity index (χ1v) is 18.9. The van der Waals surface area contributed by atoms with E-state index in [0.717, 1.165) is 34.6 Å². The molecule has 0 aromatic heterocycles. The van der Waals surface area contributed by atoms with Gasteiger partial charge in [-0.2, -0.15) is 0 Å². The van der Waals surface area contributed by atoms with E-state index in [1.54, 1.807) is 20.3 Å². The molecule has 0 spiro atoms. The predicted octanol–water partition coefficient (Wildman–Crippen LogP) is 8.07. The Balaban J connectivity index is 1.81. The zero-order valence-corrected chi connectivity index (χ0v) is 32.4. The van der Waals surface area contributed by atoms with Crippen LogP contribution in [0.3, 0.4) is 0 Å². The average molecular weight is 731 g/mol. The number of methoxy groups -OCH3 is 2. The quantitative estimate of drug-likeness (QED) is 0.0285. The summed E-state index contributed by atoms with van der Waals surface area (Å²) in [5.41, 5.74) is 0.880. The Labute approximate surface area is 312 Å². The number of aliphatic imine (C=N–C) groups is 1. The van der Waals surface area contributed by atoms with Crippen LogP contribution in [0.5, 0.6) is 11.5 Å². The van der Waals surface area contributed by atoms with Gasteiger partial charge in [0.2, 0.25) is 0 Å². The molecule has 0 N–H and O–H groups in total. The van der Waals surface area contributed by atoms with Crippen LogP contribution in [0.1, 0.15) is 50.8 Å². The minimum atomic E-state index is -1.47. The molecular formula is C42H55N2O7P. The van der Waals surface area contributed by atoms with Crippen LogP contribution in [0.25, 0.3) is 0 Å². The molecular weight excluding hydrogens is 675 g/mol. The van der Waals surface area contributed by atoms with Gasteiger partial charge in [0, 0.05) is 18.3 Å². The first-order chi connectivity index (χ1) is 25.2. The number of hydrogen-bond donors (Lipinski definition) is 0. The fourth-order valence-corrected chi connectivity index (χ4v) is 7.81. The molecule has 4 rings (SSSR count). The van der Waals surface area contributed by atoms with Crippen molar-refractivity contribution in [2.45, 2.75) is 57.8 Å². The number of rotatable bonds is 25. The molecule has 3 aromatic rings. The molecule has 3 unspecified atom stereocenters. The molecule has 0 radical (unpaired) electrons. The summed E-state index contributed by atoms with van der Waals surface area (Å²) >= 11 is 0. The summed E-state index contributed by atoms with van der Waals surface area (Å²) in [4.78, 5) is 4.28. The van der Waals surface area contributed by atoms with Crippen molar-refractivity contribution in [2.24, 2.45) is 10.4 Å². The Morgan fingerprint density at radius 2 is 1.37 bits per heavy atom. The number of benzene rings is 3. The first-order valence-electron chi connectivity index (χ1n) is 17.8. The van der Waals surface area contributed by atoms with Gasteiger partial charge in [-0.15, -0.1) is 13.0 Å². The molecule has 1 aliphatic heterocycles. The fraction of sp³-hybridized carbons (Fsp3) is 0.452. The zero-order valence-electron chi connectivity index (χ0n) is 31.5. The molecule has 0 bridgehead atoms. The topological polar surface area (TPSA) is 80.2 Å². The van der Waals surface area contributed by atoms with Gasteiger partial charge in [0.1, 0.15) is 23.7 Å². The Morgan fingerprint density at radius 3 is 1.87 bits per heavy atom. The highest BCUT2D eigenvalue weighted by Gasteiger charge is 2.43. The van der Waals surface area contributed by atoms with Gasteiger partial charge in [0.15, 0.2) is 0 Å². The van der Waals surface area contributed by atoms with E-state index in [1.165, 1.54) is 0 Å². The smallest absolute Gasteiger partial charge is 0.259 e. The molecule has 3 atom stereocenters. The maximum absolute atomic E-state index is 7.41. The molecule has 0 aliphatic carbocycles. The lowest BCUT2D eigenvalue weighted by Gasteiger charge is -2.42. The minimum Gasteiger partial charge on any atom is -0.497 e. The van der Waals surface area contributed by atoms with Crippen LogP contribution in [-0.2, 0) is 28.9 Å². The molecule has 1 heterocycles. The largest absolute Gasteiger partial charge is 0.497 e. The number of terminal acetylenes is 1. The van der Waals surface area contributed by atoms with Crippen LogP contribution in [0, 0.1) is 17.8 Å². The fourth-order valence-electron chi connectivity index (χ4n) is 6.07. The van der Waals surface area contributed by atoms with Crippen molar-refractivity contribution in [1.29, 1.82) is 0 Å². The zero-order chi connectivity index (χ0) is 37.4. The second kappa shape index (κ2) is 20.6. The van der Waals surface area contributed by atoms with Crippen molar-refractivity contribution in [3.05, 3.63) is 108 Å². The van der Waals surface area contributed by atoms with Gasteiger partial charge in [-0.3, -0.25) is 4.99 Å². The molecule has 52 heavy (non-hydrogen) atoms. The summed E-state index contributed by atoms with van der Waals surface area (Å²) in [5, 5.41) is 0. The molecule has 0 saturated carbocycles. The maximum Gasteiger partial charge on any atom is 0.259 e. The minimum absolute atomic E-state index is 0.126. The first kappa shape index (κ1) is 41.2. The Kier molecular flexibility index (Phi) is 16.3. The van der Waals surface area contributed by atoms with Gasteiger partial charge < -0.3 is 32.7 Å². The van der Waals surface area contributed by atoms with Crippen molar-refractivity contribution in [2.75, 3.05) is 60.5 Å². The van der Waals surface area contributed by atoms with Crippen molar-refractivity contribution in [3.63, 3.8) is 0 Å². The lowest BCUT2D eigenvalue weighted by atomic mass is 9.79. The Morgan fingerprint density at radius 1 is 0.808 bits per heavy atom. The second-order valence-electron chi connectivity index (χ2n) is 13.4. The van der Waals surface area contributed by atoms with Gasteiger partial charge in [0.25, 0.3) is 8.53 Å². The van der Waals surface area contributed by atoms with Crippen LogP contribution >= 0.6 is 8.53 Å². The SMILES string of the molecule is C#CCOCC(COCC=C)(COP(OCCC1C=N1)N(C(C)C)C(C)C)COC(c1ccccc1)(c1ccc(OC)cc1)c1ccc(OC)cc1. The third-order valence-electron chi connectivity index (χ3n) is 8.71. The van der Waals surface area contributed by atoms with Gasteiger partial charge in [-0.05, 0) is 75.1 Å². The molecule has 1 aliphatic rings. The Hall–Kier alpha value is -3.58. The van der Waals surface area contributed by atoms with Crippen molar-refractivity contribution in [1.82, 2.24) is 4.67 Å². The van der Waals surface area contributed by atoms with Crippen LogP contribution < -0.4 is 9.47 Å². The third kappa shape index (κ3) is 11.2. The summed E-state index contributed by atoms with van der Waals surface area (Å²) in [6.07, 6.45) is 10.2. The third-order valence-corrected chi connectivity index (χ3v) is 10.8. The molecule has 0 amide bonds. The van der Waals surface area contributed by atoms with Gasteiger partial charge >= 0.3 is 0 Å². The van der Waals surface area contributed by atoms with Crippen molar-refractivity contribution < 1.29 is 32.7 Å². The highest BCUT2D eigenvalue weighted by atomic mass is 31.2. The van der Waals surface area contributed by atoms with Gasteiger partial charge in [-0.1, -0.05) is 66.6 Å². The predicted molar refractivity (Wildman–Crippen MR) is 209 cm³/mol. The highest BCUT2D eigenvalue weighted by Crippen LogP contribution is 2.48. The molecule has 0 saturated heterocycles. The van der Waals surface area contributed by atoms with E-state index in [9.17, 15) is 0 Å². The van der Waals surface area contributed by atoms with Gasteiger partial charge in [-0.25, -0.2) is 4.67 Å². The normalized spacial score (nSPS) is 15.7. The summed E-state index contributed by atoms with van der Waals surface area (Å²) < 4.78 is 46.5. The average Bonchev–Trinajstić information content (AvgIpc) is 3.99. The highest BCUT2D eigenvalue weighted by molar-refractivity contribution is 7.44. The molecule has 10 heteroatoms. The van der Waals surface area contributed by atoms with E-state index < -0.39 is 19.5 Å². The number of ether oxygens (including phenoxy) is 5. The summed E-state index contributed by atoms with van der Waals surface area (Å²) in [6, 6.07) is 26.7. The Bertz CT molecular complexity index is 1500. The van der Waals surface area contributed by atoms with E-state index in [2.05, 4.69) is 62.0 Å². The van der Waals surface area contributed by atoms with Crippen molar-refractivity contribution >= 4 is 14.7 Å².